The van der Waals surface area contributed by atoms with Crippen LogP contribution in [0.2, 0.25) is 5.02 Å². The van der Waals surface area contributed by atoms with Crippen molar-refractivity contribution in [2.45, 2.75) is 96.6 Å². The summed E-state index contributed by atoms with van der Waals surface area (Å²) in [6, 6.07) is 23.8. The van der Waals surface area contributed by atoms with Crippen molar-refractivity contribution >= 4 is 23.2 Å². The molecule has 0 radical (unpaired) electrons. The summed E-state index contributed by atoms with van der Waals surface area (Å²) in [5, 5.41) is 16.5. The molecule has 0 unspecified atom stereocenters. The summed E-state index contributed by atoms with van der Waals surface area (Å²) in [4.78, 5) is 17.8. The number of nitriles is 1. The average molecular weight is 772 g/mol. The summed E-state index contributed by atoms with van der Waals surface area (Å²) in [5.41, 5.74) is 8.55. The fourth-order valence-corrected chi connectivity index (χ4v) is 8.60. The van der Waals surface area contributed by atoms with E-state index in [1.165, 1.54) is 36.1 Å². The first-order valence-corrected chi connectivity index (χ1v) is 20.1. The highest BCUT2D eigenvalue weighted by Crippen LogP contribution is 2.44. The van der Waals surface area contributed by atoms with Gasteiger partial charge >= 0.3 is 0 Å². The maximum atomic E-state index is 11.7. The molecular weight excluding hydrogens is 722 g/mol. The van der Waals surface area contributed by atoms with Crippen LogP contribution < -0.4 is 24.8 Å². The molecule has 2 saturated heterocycles. The second-order valence-corrected chi connectivity index (χ2v) is 16.2. The van der Waals surface area contributed by atoms with Crippen molar-refractivity contribution in [2.75, 3.05) is 26.2 Å². The van der Waals surface area contributed by atoms with Gasteiger partial charge in [-0.15, -0.1) is 0 Å². The zero-order valence-electron chi connectivity index (χ0n) is 32.6. The molecule has 0 aromatic heterocycles. The number of likely N-dealkylation sites (tertiary alicyclic amines) is 1. The van der Waals surface area contributed by atoms with E-state index in [1.54, 1.807) is 18.2 Å². The van der Waals surface area contributed by atoms with Crippen LogP contribution in [0.25, 0.3) is 16.0 Å². The molecule has 0 bridgehead atoms. The number of carbonyl (C=O) groups excluding carboxylic acids is 1. The first-order chi connectivity index (χ1) is 27.1. The van der Waals surface area contributed by atoms with Gasteiger partial charge in [0, 0.05) is 54.8 Å². The highest BCUT2D eigenvalue weighted by molar-refractivity contribution is 6.32. The fourth-order valence-electron chi connectivity index (χ4n) is 8.37. The third kappa shape index (κ3) is 8.98. The SMILES string of the molecule is [C-]#[N+]c1cc(C#N)cc(COc2cc(O[C@H]3CCc4c(-c5cccc(OCCCN6CCCC6(C)C)c5C)cccc43)c(Cl)cc2CN[C@H]2CCC(=O)NC2)c1. The van der Waals surface area contributed by atoms with Crippen LogP contribution in [0.4, 0.5) is 5.69 Å². The van der Waals surface area contributed by atoms with E-state index >= 15 is 0 Å². The second-order valence-electron chi connectivity index (χ2n) is 15.8. The fraction of sp³-hybridized carbons (Fsp3) is 0.413. The van der Waals surface area contributed by atoms with Crippen molar-refractivity contribution < 1.29 is 19.0 Å². The van der Waals surface area contributed by atoms with Gasteiger partial charge < -0.3 is 24.8 Å². The van der Waals surface area contributed by atoms with Gasteiger partial charge in [0.1, 0.15) is 30.0 Å². The molecule has 2 atom stereocenters. The number of piperidine rings is 1. The minimum Gasteiger partial charge on any atom is -0.493 e. The largest absolute Gasteiger partial charge is 0.493 e. The highest BCUT2D eigenvalue weighted by Gasteiger charge is 2.31. The Bertz CT molecular complexity index is 2130. The number of amides is 1. The minimum absolute atomic E-state index is 0.0659. The summed E-state index contributed by atoms with van der Waals surface area (Å²) in [5.74, 6) is 2.11. The lowest BCUT2D eigenvalue weighted by Crippen LogP contribution is -2.45. The molecule has 7 rings (SSSR count). The normalized spacial score (nSPS) is 18.8. The van der Waals surface area contributed by atoms with Crippen molar-refractivity contribution in [3.8, 4) is 34.4 Å². The lowest BCUT2D eigenvalue weighted by molar-refractivity contribution is -0.122. The van der Waals surface area contributed by atoms with Crippen molar-refractivity contribution in [1.82, 2.24) is 15.5 Å². The summed E-state index contributed by atoms with van der Waals surface area (Å²) in [7, 11) is 0. The Kier molecular flexibility index (Phi) is 12.2. The van der Waals surface area contributed by atoms with Gasteiger partial charge in [0.2, 0.25) is 5.91 Å². The lowest BCUT2D eigenvalue weighted by atomic mass is 9.93. The van der Waals surface area contributed by atoms with Crippen LogP contribution in [0.1, 0.15) is 91.9 Å². The van der Waals surface area contributed by atoms with E-state index in [2.05, 4.69) is 83.6 Å². The first kappa shape index (κ1) is 39.2. The van der Waals surface area contributed by atoms with Gasteiger partial charge in [-0.2, -0.15) is 5.26 Å². The molecule has 2 heterocycles. The summed E-state index contributed by atoms with van der Waals surface area (Å²) < 4.78 is 19.5. The summed E-state index contributed by atoms with van der Waals surface area (Å²) in [6.07, 6.45) is 6.22. The number of benzene rings is 4. The first-order valence-electron chi connectivity index (χ1n) is 19.7. The quantitative estimate of drug-likeness (QED) is 0.0974. The van der Waals surface area contributed by atoms with Gasteiger partial charge in [-0.3, -0.25) is 9.69 Å². The Morgan fingerprint density at radius 1 is 1.04 bits per heavy atom. The van der Waals surface area contributed by atoms with Crippen LogP contribution in [0, 0.1) is 24.8 Å². The molecule has 2 aliphatic heterocycles. The number of nitrogens with zero attached hydrogens (tertiary/aromatic N) is 3. The van der Waals surface area contributed by atoms with Crippen LogP contribution >= 0.6 is 11.6 Å². The second kappa shape index (κ2) is 17.4. The Balaban J connectivity index is 1.08. The molecule has 4 aromatic rings. The van der Waals surface area contributed by atoms with Crippen molar-refractivity contribution in [3.63, 3.8) is 0 Å². The molecule has 1 amide bonds. The monoisotopic (exact) mass is 771 g/mol. The molecule has 290 valence electrons. The van der Waals surface area contributed by atoms with Crippen molar-refractivity contribution in [2.24, 2.45) is 0 Å². The Hall–Kier alpha value is -5.06. The van der Waals surface area contributed by atoms with Crippen LogP contribution in [0.5, 0.6) is 17.2 Å². The van der Waals surface area contributed by atoms with Gasteiger partial charge in [-0.25, -0.2) is 4.85 Å². The summed E-state index contributed by atoms with van der Waals surface area (Å²) in [6.45, 7) is 18.4. The smallest absolute Gasteiger partial charge is 0.220 e. The molecule has 0 saturated carbocycles. The van der Waals surface area contributed by atoms with Gasteiger partial charge in [0.05, 0.1) is 24.3 Å². The van der Waals surface area contributed by atoms with Crippen LogP contribution in [-0.4, -0.2) is 48.6 Å². The number of fused-ring (bicyclic) bond motifs is 1. The summed E-state index contributed by atoms with van der Waals surface area (Å²) >= 11 is 6.96. The van der Waals surface area contributed by atoms with E-state index in [-0.39, 0.29) is 30.2 Å². The maximum Gasteiger partial charge on any atom is 0.220 e. The van der Waals surface area contributed by atoms with Crippen LogP contribution in [0.3, 0.4) is 0 Å². The molecule has 10 heteroatoms. The zero-order chi connectivity index (χ0) is 39.2. The number of hydrogen-bond acceptors (Lipinski definition) is 7. The van der Waals surface area contributed by atoms with E-state index in [4.69, 9.17) is 32.4 Å². The number of rotatable bonds is 14. The topological polar surface area (TPSA) is 100 Å². The van der Waals surface area contributed by atoms with Gasteiger partial charge in [-0.05, 0) is 130 Å². The van der Waals surface area contributed by atoms with E-state index in [9.17, 15) is 10.1 Å². The molecule has 1 aliphatic carbocycles. The van der Waals surface area contributed by atoms with E-state index < -0.39 is 0 Å². The number of hydrogen-bond donors (Lipinski definition) is 2. The van der Waals surface area contributed by atoms with E-state index in [0.29, 0.717) is 53.9 Å². The molecule has 2 N–H and O–H groups in total. The van der Waals surface area contributed by atoms with Gasteiger partial charge in [0.15, 0.2) is 5.69 Å². The predicted molar refractivity (Wildman–Crippen MR) is 219 cm³/mol. The maximum absolute atomic E-state index is 11.7. The molecule has 9 nitrogen and oxygen atoms in total. The van der Waals surface area contributed by atoms with Crippen molar-refractivity contribution in [1.29, 1.82) is 5.26 Å². The average Bonchev–Trinajstić information content (AvgIpc) is 3.78. The number of nitrogens with one attached hydrogen (secondary N) is 2. The predicted octanol–water partition coefficient (Wildman–Crippen LogP) is 9.39. The number of carbonyl (C=O) groups is 1. The van der Waals surface area contributed by atoms with Crippen molar-refractivity contribution in [3.05, 3.63) is 117 Å². The third-order valence-corrected chi connectivity index (χ3v) is 11.8. The van der Waals surface area contributed by atoms with Crippen LogP contribution in [-0.2, 0) is 24.4 Å². The molecule has 4 aromatic carbocycles. The van der Waals surface area contributed by atoms with E-state index in [0.717, 1.165) is 60.2 Å². The zero-order valence-corrected chi connectivity index (χ0v) is 33.3. The molecular formula is C46H50ClN5O4. The minimum atomic E-state index is -0.201. The molecule has 2 fully saturated rings. The molecule has 0 spiro atoms. The number of ether oxygens (including phenoxy) is 3. The lowest BCUT2D eigenvalue weighted by Gasteiger charge is -2.31. The Labute approximate surface area is 335 Å². The van der Waals surface area contributed by atoms with E-state index in [1.807, 2.05) is 12.1 Å². The highest BCUT2D eigenvalue weighted by atomic mass is 35.5. The third-order valence-electron chi connectivity index (χ3n) is 11.6. The standard InChI is InChI=1S/C46H50ClN5O4/c1-30-36(9-6-12-41(30)54-20-8-19-52-18-7-17-46(52,2)3)37-10-5-11-39-38(37)14-15-42(39)56-44-25-43(55-29-32-21-31(26-48)22-35(23-32)49-4)33(24-40(44)47)27-50-34-13-16-45(53)51-28-34/h5-6,9-12,21-25,34,42,50H,7-8,13-20,27-29H2,1-3H3,(H,51,53)/t34-,42-/m0/s1. The molecule has 3 aliphatic rings. The molecule has 56 heavy (non-hydrogen) atoms. The Morgan fingerprint density at radius 3 is 2.64 bits per heavy atom. The number of halogens is 1. The van der Waals surface area contributed by atoms with Crippen LogP contribution in [0.15, 0.2) is 66.7 Å². The van der Waals surface area contributed by atoms with Gasteiger partial charge in [0.25, 0.3) is 0 Å². The Morgan fingerprint density at radius 2 is 1.88 bits per heavy atom. The van der Waals surface area contributed by atoms with Gasteiger partial charge in [-0.1, -0.05) is 41.9 Å².